The normalized spacial score (nSPS) is 20.9. The van der Waals surface area contributed by atoms with Gasteiger partial charge in [0.25, 0.3) is 0 Å². The zero-order valence-electron chi connectivity index (χ0n) is 17.1. The Bertz CT molecular complexity index is 1020. The Balaban J connectivity index is 0.00000218. The van der Waals surface area contributed by atoms with E-state index in [0.717, 1.165) is 66.3 Å². The summed E-state index contributed by atoms with van der Waals surface area (Å²) in [5.41, 5.74) is 2.32. The predicted octanol–water partition coefficient (Wildman–Crippen LogP) is 4.89. The SMILES string of the molecule is CC(C)c1nc([C@H]2CC[C@H](c3nnc4n3-c3ccc(Cl)cc3CNC4)CC2)no1.Cl. The summed E-state index contributed by atoms with van der Waals surface area (Å²) in [6.07, 6.45) is 4.17. The molecule has 9 heteroatoms. The van der Waals surface area contributed by atoms with Gasteiger partial charge >= 0.3 is 0 Å². The van der Waals surface area contributed by atoms with Gasteiger partial charge in [0.2, 0.25) is 5.89 Å². The van der Waals surface area contributed by atoms with Crippen molar-refractivity contribution in [1.29, 1.82) is 0 Å². The van der Waals surface area contributed by atoms with Crippen LogP contribution in [0.3, 0.4) is 0 Å². The zero-order valence-corrected chi connectivity index (χ0v) is 18.7. The fraction of sp³-hybridized carbons (Fsp3) is 0.524. The molecule has 1 N–H and O–H groups in total. The summed E-state index contributed by atoms with van der Waals surface area (Å²) < 4.78 is 7.65. The molecule has 1 saturated carbocycles. The molecule has 1 aliphatic carbocycles. The molecule has 3 heterocycles. The maximum Gasteiger partial charge on any atom is 0.229 e. The molecule has 0 unspecified atom stereocenters. The van der Waals surface area contributed by atoms with Gasteiger partial charge in [0, 0.05) is 29.3 Å². The van der Waals surface area contributed by atoms with Crippen LogP contribution in [0.15, 0.2) is 22.7 Å². The number of aromatic nitrogens is 5. The molecule has 0 bridgehead atoms. The van der Waals surface area contributed by atoms with Gasteiger partial charge in [-0.05, 0) is 49.4 Å². The maximum absolute atomic E-state index is 6.23. The van der Waals surface area contributed by atoms with Crippen LogP contribution in [0.2, 0.25) is 5.02 Å². The Kier molecular flexibility index (Phi) is 6.14. The molecule has 0 atom stereocenters. The van der Waals surface area contributed by atoms with E-state index >= 15 is 0 Å². The number of rotatable bonds is 3. The highest BCUT2D eigenvalue weighted by atomic mass is 35.5. The molecule has 1 aromatic carbocycles. The minimum absolute atomic E-state index is 0. The molecule has 7 nitrogen and oxygen atoms in total. The van der Waals surface area contributed by atoms with Crippen molar-refractivity contribution in [1.82, 2.24) is 30.2 Å². The lowest BCUT2D eigenvalue weighted by atomic mass is 9.81. The van der Waals surface area contributed by atoms with Gasteiger partial charge in [-0.15, -0.1) is 22.6 Å². The van der Waals surface area contributed by atoms with Crippen LogP contribution in [0.5, 0.6) is 0 Å². The molecular weight excluding hydrogens is 423 g/mol. The number of hydrogen-bond acceptors (Lipinski definition) is 6. The van der Waals surface area contributed by atoms with Crippen LogP contribution in [0, 0.1) is 0 Å². The second-order valence-corrected chi connectivity index (χ2v) is 8.82. The standard InChI is InChI=1S/C21H25ClN6O.ClH/c1-12(2)21-24-19(27-29-21)13-3-5-14(6-4-13)20-26-25-18-11-23-10-15-9-16(22)7-8-17(15)28(18)20;/h7-9,12-14,23H,3-6,10-11H2,1-2H3;1H/t13-,14-;. The summed E-state index contributed by atoms with van der Waals surface area (Å²) in [6, 6.07) is 6.06. The van der Waals surface area contributed by atoms with Crippen LogP contribution in [0.4, 0.5) is 0 Å². The highest BCUT2D eigenvalue weighted by Crippen LogP contribution is 2.40. The van der Waals surface area contributed by atoms with Gasteiger partial charge in [-0.25, -0.2) is 0 Å². The molecule has 0 amide bonds. The summed E-state index contributed by atoms with van der Waals surface area (Å²) in [4.78, 5) is 4.61. The number of nitrogens with one attached hydrogen (secondary N) is 1. The third-order valence-corrected chi connectivity index (χ3v) is 6.28. The molecule has 2 aromatic heterocycles. The van der Waals surface area contributed by atoms with Gasteiger partial charge in [0.15, 0.2) is 11.6 Å². The van der Waals surface area contributed by atoms with Crippen molar-refractivity contribution in [3.05, 3.63) is 52.1 Å². The molecule has 3 aromatic rings. The highest BCUT2D eigenvalue weighted by Gasteiger charge is 2.31. The number of nitrogens with zero attached hydrogens (tertiary/aromatic N) is 5. The largest absolute Gasteiger partial charge is 0.339 e. The third kappa shape index (κ3) is 3.86. The van der Waals surface area contributed by atoms with E-state index in [2.05, 4.69) is 50.1 Å². The van der Waals surface area contributed by atoms with Crippen molar-refractivity contribution in [2.45, 2.75) is 70.4 Å². The van der Waals surface area contributed by atoms with Crippen molar-refractivity contribution in [2.75, 3.05) is 0 Å². The van der Waals surface area contributed by atoms with E-state index in [0.29, 0.717) is 18.4 Å². The average Bonchev–Trinajstić information content (AvgIpc) is 3.33. The van der Waals surface area contributed by atoms with Gasteiger partial charge in [-0.3, -0.25) is 4.57 Å². The van der Waals surface area contributed by atoms with Crippen LogP contribution in [0.1, 0.15) is 86.2 Å². The van der Waals surface area contributed by atoms with Crippen molar-refractivity contribution in [2.24, 2.45) is 0 Å². The first-order chi connectivity index (χ1) is 14.1. The Morgan fingerprint density at radius 3 is 2.60 bits per heavy atom. The van der Waals surface area contributed by atoms with E-state index in [1.54, 1.807) is 0 Å². The summed E-state index contributed by atoms with van der Waals surface area (Å²) in [6.45, 7) is 5.63. The number of fused-ring (bicyclic) bond motifs is 3. The molecule has 0 spiro atoms. The molecule has 0 radical (unpaired) electrons. The van der Waals surface area contributed by atoms with E-state index in [9.17, 15) is 0 Å². The molecule has 5 rings (SSSR count). The zero-order chi connectivity index (χ0) is 20.0. The van der Waals surface area contributed by atoms with E-state index in [-0.39, 0.29) is 18.3 Å². The monoisotopic (exact) mass is 448 g/mol. The molecule has 1 aliphatic heterocycles. The molecule has 1 fully saturated rings. The maximum atomic E-state index is 6.23. The van der Waals surface area contributed by atoms with Crippen LogP contribution in [-0.4, -0.2) is 24.9 Å². The van der Waals surface area contributed by atoms with Crippen LogP contribution >= 0.6 is 24.0 Å². The smallest absolute Gasteiger partial charge is 0.229 e. The minimum atomic E-state index is 0. The average molecular weight is 449 g/mol. The lowest BCUT2D eigenvalue weighted by Crippen LogP contribution is -2.17. The molecule has 160 valence electrons. The van der Waals surface area contributed by atoms with Crippen molar-refractivity contribution in [3.63, 3.8) is 0 Å². The number of halogens is 2. The predicted molar refractivity (Wildman–Crippen MR) is 116 cm³/mol. The van der Waals surface area contributed by atoms with Crippen molar-refractivity contribution < 1.29 is 4.52 Å². The molecule has 0 saturated heterocycles. The first-order valence-electron chi connectivity index (χ1n) is 10.4. The second-order valence-electron chi connectivity index (χ2n) is 8.38. The Morgan fingerprint density at radius 1 is 1.10 bits per heavy atom. The molecular formula is C21H26Cl2N6O. The van der Waals surface area contributed by atoms with Crippen LogP contribution in [0.25, 0.3) is 5.69 Å². The number of hydrogen-bond donors (Lipinski definition) is 1. The van der Waals surface area contributed by atoms with Crippen LogP contribution < -0.4 is 5.32 Å². The van der Waals surface area contributed by atoms with E-state index in [4.69, 9.17) is 16.1 Å². The summed E-state index contributed by atoms with van der Waals surface area (Å²) in [5, 5.41) is 17.5. The van der Waals surface area contributed by atoms with E-state index < -0.39 is 0 Å². The van der Waals surface area contributed by atoms with Crippen molar-refractivity contribution >= 4 is 24.0 Å². The van der Waals surface area contributed by atoms with Gasteiger partial charge in [-0.2, -0.15) is 4.98 Å². The van der Waals surface area contributed by atoms with Gasteiger partial charge < -0.3 is 9.84 Å². The second kappa shape index (κ2) is 8.65. The van der Waals surface area contributed by atoms with Gasteiger partial charge in [-0.1, -0.05) is 30.6 Å². The van der Waals surface area contributed by atoms with Gasteiger partial charge in [0.1, 0.15) is 5.82 Å². The Hall–Kier alpha value is -1.96. The molecule has 30 heavy (non-hydrogen) atoms. The highest BCUT2D eigenvalue weighted by molar-refractivity contribution is 6.30. The first-order valence-corrected chi connectivity index (χ1v) is 10.7. The Labute approximate surface area is 187 Å². The number of benzene rings is 1. The fourth-order valence-electron chi connectivity index (χ4n) is 4.45. The summed E-state index contributed by atoms with van der Waals surface area (Å²) in [5.74, 6) is 4.61. The van der Waals surface area contributed by atoms with E-state index in [1.165, 1.54) is 5.56 Å². The third-order valence-electron chi connectivity index (χ3n) is 6.04. The lowest BCUT2D eigenvalue weighted by molar-refractivity contribution is 0.338. The summed E-state index contributed by atoms with van der Waals surface area (Å²) >= 11 is 6.23. The fourth-order valence-corrected chi connectivity index (χ4v) is 4.65. The first kappa shape index (κ1) is 21.3. The van der Waals surface area contributed by atoms with Crippen LogP contribution in [-0.2, 0) is 13.1 Å². The topological polar surface area (TPSA) is 81.7 Å². The van der Waals surface area contributed by atoms with Crippen molar-refractivity contribution in [3.8, 4) is 5.69 Å². The summed E-state index contributed by atoms with van der Waals surface area (Å²) in [7, 11) is 0. The minimum Gasteiger partial charge on any atom is -0.339 e. The quantitative estimate of drug-likeness (QED) is 0.613. The van der Waals surface area contributed by atoms with E-state index in [1.807, 2.05) is 12.1 Å². The van der Waals surface area contributed by atoms with Gasteiger partial charge in [0.05, 0.1) is 12.2 Å². The lowest BCUT2D eigenvalue weighted by Gasteiger charge is -2.26. The Morgan fingerprint density at radius 2 is 1.87 bits per heavy atom. The molecule has 2 aliphatic rings.